The molecule has 0 N–H and O–H groups in total. The van der Waals surface area contributed by atoms with E-state index in [9.17, 15) is 0 Å². The predicted molar refractivity (Wildman–Crippen MR) is 74.2 cm³/mol. The molecule has 0 radical (unpaired) electrons. The van der Waals surface area contributed by atoms with Gasteiger partial charge in [0, 0.05) is 25.5 Å². The van der Waals surface area contributed by atoms with Crippen LogP contribution in [0, 0.1) is 0 Å². The number of rotatable bonds is 3. The molecule has 2 heteroatoms. The van der Waals surface area contributed by atoms with Gasteiger partial charge in [0.25, 0.3) is 0 Å². The molecule has 3 rings (SSSR count). The van der Waals surface area contributed by atoms with Gasteiger partial charge in [0.2, 0.25) is 0 Å². The molecule has 0 spiro atoms. The summed E-state index contributed by atoms with van der Waals surface area (Å²) in [5.74, 6) is 0. The monoisotopic (exact) mass is 240 g/mol. The highest BCUT2D eigenvalue weighted by molar-refractivity contribution is 5.17. The Labute approximate surface area is 109 Å². The zero-order chi connectivity index (χ0) is 12.4. The molecule has 94 valence electrons. The molecule has 0 saturated carbocycles. The molecule has 0 amide bonds. The lowest BCUT2D eigenvalue weighted by molar-refractivity contribution is 0.241. The highest BCUT2D eigenvalue weighted by Crippen LogP contribution is 2.32. The van der Waals surface area contributed by atoms with Gasteiger partial charge in [-0.3, -0.25) is 4.90 Å². The Kier molecular flexibility index (Phi) is 3.20. The zero-order valence-electron chi connectivity index (χ0n) is 10.9. The van der Waals surface area contributed by atoms with Crippen LogP contribution < -0.4 is 0 Å². The minimum atomic E-state index is 0.588. The van der Waals surface area contributed by atoms with Crippen molar-refractivity contribution in [3.63, 3.8) is 0 Å². The summed E-state index contributed by atoms with van der Waals surface area (Å²) >= 11 is 0. The summed E-state index contributed by atoms with van der Waals surface area (Å²) in [7, 11) is 2.15. The first-order chi connectivity index (χ1) is 8.84. The van der Waals surface area contributed by atoms with Crippen molar-refractivity contribution in [3.05, 3.63) is 59.9 Å². The van der Waals surface area contributed by atoms with E-state index in [4.69, 9.17) is 0 Å². The second kappa shape index (κ2) is 4.99. The van der Waals surface area contributed by atoms with Gasteiger partial charge in [-0.2, -0.15) is 0 Å². The van der Waals surface area contributed by atoms with Gasteiger partial charge in [-0.05, 0) is 37.1 Å². The predicted octanol–water partition coefficient (Wildman–Crippen LogP) is 3.36. The second-order valence-corrected chi connectivity index (χ2v) is 5.16. The quantitative estimate of drug-likeness (QED) is 0.798. The number of aryl methyl sites for hydroxylation is 1. The smallest absolute Gasteiger partial charge is 0.0504 e. The van der Waals surface area contributed by atoms with Crippen molar-refractivity contribution in [1.82, 2.24) is 9.47 Å². The molecule has 1 fully saturated rings. The van der Waals surface area contributed by atoms with Gasteiger partial charge in [-0.15, -0.1) is 0 Å². The Bertz CT molecular complexity index is 501. The number of likely N-dealkylation sites (tertiary alicyclic amines) is 1. The van der Waals surface area contributed by atoms with Crippen molar-refractivity contribution in [1.29, 1.82) is 0 Å². The fourth-order valence-electron chi connectivity index (χ4n) is 2.99. The van der Waals surface area contributed by atoms with Gasteiger partial charge in [-0.25, -0.2) is 0 Å². The van der Waals surface area contributed by atoms with Crippen LogP contribution >= 0.6 is 0 Å². The number of nitrogens with zero attached hydrogens (tertiary/aromatic N) is 2. The number of hydrogen-bond acceptors (Lipinski definition) is 1. The van der Waals surface area contributed by atoms with E-state index in [1.165, 1.54) is 30.6 Å². The summed E-state index contributed by atoms with van der Waals surface area (Å²) in [5.41, 5.74) is 2.86. The van der Waals surface area contributed by atoms with Gasteiger partial charge >= 0.3 is 0 Å². The van der Waals surface area contributed by atoms with Crippen LogP contribution in [0.2, 0.25) is 0 Å². The first-order valence-corrected chi connectivity index (χ1v) is 6.74. The van der Waals surface area contributed by atoms with E-state index in [-0.39, 0.29) is 0 Å². The van der Waals surface area contributed by atoms with Crippen LogP contribution in [0.25, 0.3) is 0 Å². The third-order valence-electron chi connectivity index (χ3n) is 3.92. The summed E-state index contributed by atoms with van der Waals surface area (Å²) in [6, 6.07) is 15.8. The van der Waals surface area contributed by atoms with Crippen molar-refractivity contribution >= 4 is 0 Å². The fourth-order valence-corrected chi connectivity index (χ4v) is 2.99. The Balaban J connectivity index is 1.78. The Morgan fingerprint density at radius 3 is 2.67 bits per heavy atom. The maximum atomic E-state index is 2.60. The van der Waals surface area contributed by atoms with Crippen LogP contribution in [0.15, 0.2) is 48.7 Å². The third kappa shape index (κ3) is 2.21. The molecule has 2 aromatic rings. The minimum Gasteiger partial charge on any atom is -0.353 e. The lowest BCUT2D eigenvalue weighted by atomic mass is 10.1. The van der Waals surface area contributed by atoms with Crippen molar-refractivity contribution < 1.29 is 0 Å². The maximum absolute atomic E-state index is 2.60. The van der Waals surface area contributed by atoms with Crippen LogP contribution in [0.1, 0.15) is 30.1 Å². The van der Waals surface area contributed by atoms with Crippen molar-refractivity contribution in [2.45, 2.75) is 25.4 Å². The Morgan fingerprint density at radius 2 is 1.94 bits per heavy atom. The van der Waals surface area contributed by atoms with Gasteiger partial charge in [0.05, 0.1) is 6.04 Å². The molecule has 1 aromatic carbocycles. The van der Waals surface area contributed by atoms with E-state index in [1.54, 1.807) is 0 Å². The first-order valence-electron chi connectivity index (χ1n) is 6.74. The second-order valence-electron chi connectivity index (χ2n) is 5.16. The summed E-state index contributed by atoms with van der Waals surface area (Å²) in [6.45, 7) is 2.28. The number of benzene rings is 1. The lowest BCUT2D eigenvalue weighted by Gasteiger charge is -2.25. The van der Waals surface area contributed by atoms with Gasteiger partial charge in [0.15, 0.2) is 0 Å². The molecule has 1 atom stereocenters. The zero-order valence-corrected chi connectivity index (χ0v) is 10.9. The average molecular weight is 240 g/mol. The molecule has 0 bridgehead atoms. The fraction of sp³-hybridized carbons (Fsp3) is 0.375. The first kappa shape index (κ1) is 11.5. The number of hydrogen-bond donors (Lipinski definition) is 0. The van der Waals surface area contributed by atoms with E-state index in [2.05, 4.69) is 65.2 Å². The Morgan fingerprint density at radius 1 is 1.11 bits per heavy atom. The lowest BCUT2D eigenvalue weighted by Crippen LogP contribution is -2.24. The van der Waals surface area contributed by atoms with Crippen LogP contribution in [-0.4, -0.2) is 16.0 Å². The van der Waals surface area contributed by atoms with Crippen LogP contribution in [0.3, 0.4) is 0 Å². The van der Waals surface area contributed by atoms with Crippen LogP contribution in [0.5, 0.6) is 0 Å². The van der Waals surface area contributed by atoms with E-state index < -0.39 is 0 Å². The standard InChI is InChI=1S/C16H20N2/c1-17-11-5-9-15(17)16-10-6-12-18(16)13-14-7-3-2-4-8-14/h2-5,7-9,11,16H,6,10,12-13H2,1H3. The Hall–Kier alpha value is -1.54. The third-order valence-corrected chi connectivity index (χ3v) is 3.92. The van der Waals surface area contributed by atoms with E-state index >= 15 is 0 Å². The molecule has 1 saturated heterocycles. The SMILES string of the molecule is Cn1cccc1C1CCCN1Cc1ccccc1. The van der Waals surface area contributed by atoms with Crippen molar-refractivity contribution in [3.8, 4) is 0 Å². The van der Waals surface area contributed by atoms with E-state index in [0.717, 1.165) is 6.54 Å². The highest BCUT2D eigenvalue weighted by Gasteiger charge is 2.27. The van der Waals surface area contributed by atoms with Gasteiger partial charge in [0.1, 0.15) is 0 Å². The van der Waals surface area contributed by atoms with Crippen molar-refractivity contribution in [2.75, 3.05) is 6.54 Å². The molecule has 1 unspecified atom stereocenters. The largest absolute Gasteiger partial charge is 0.353 e. The molecular formula is C16H20N2. The highest BCUT2D eigenvalue weighted by atomic mass is 15.2. The molecule has 1 aliphatic rings. The molecule has 0 aliphatic carbocycles. The molecular weight excluding hydrogens is 220 g/mol. The molecule has 18 heavy (non-hydrogen) atoms. The molecule has 2 nitrogen and oxygen atoms in total. The summed E-state index contributed by atoms with van der Waals surface area (Å²) in [6.07, 6.45) is 4.74. The molecule has 1 aromatic heterocycles. The molecule has 1 aliphatic heterocycles. The maximum Gasteiger partial charge on any atom is 0.0504 e. The number of aromatic nitrogens is 1. The summed E-state index contributed by atoms with van der Waals surface area (Å²) < 4.78 is 2.26. The van der Waals surface area contributed by atoms with Gasteiger partial charge < -0.3 is 4.57 Å². The normalized spacial score (nSPS) is 20.4. The summed E-state index contributed by atoms with van der Waals surface area (Å²) in [5, 5.41) is 0. The average Bonchev–Trinajstić information content (AvgIpc) is 2.99. The van der Waals surface area contributed by atoms with E-state index in [0.29, 0.717) is 6.04 Å². The van der Waals surface area contributed by atoms with Crippen LogP contribution in [0.4, 0.5) is 0 Å². The van der Waals surface area contributed by atoms with Gasteiger partial charge in [-0.1, -0.05) is 30.3 Å². The van der Waals surface area contributed by atoms with Crippen molar-refractivity contribution in [2.24, 2.45) is 7.05 Å². The van der Waals surface area contributed by atoms with Crippen LogP contribution in [-0.2, 0) is 13.6 Å². The molecule has 2 heterocycles. The minimum absolute atomic E-state index is 0.588. The van der Waals surface area contributed by atoms with E-state index in [1.807, 2.05) is 0 Å². The summed E-state index contributed by atoms with van der Waals surface area (Å²) in [4.78, 5) is 2.60. The topological polar surface area (TPSA) is 8.17 Å².